The van der Waals surface area contributed by atoms with Gasteiger partial charge in [0.25, 0.3) is 0 Å². The summed E-state index contributed by atoms with van der Waals surface area (Å²) >= 11 is 6.27. The molecule has 1 amide bonds. The minimum absolute atomic E-state index is 0.0196. The van der Waals surface area contributed by atoms with Gasteiger partial charge in [0.1, 0.15) is 0 Å². The van der Waals surface area contributed by atoms with Gasteiger partial charge >= 0.3 is 0 Å². The highest BCUT2D eigenvalue weighted by atomic mass is 35.5. The van der Waals surface area contributed by atoms with E-state index in [-0.39, 0.29) is 17.7 Å². The summed E-state index contributed by atoms with van der Waals surface area (Å²) in [5, 5.41) is 3.86. The van der Waals surface area contributed by atoms with E-state index in [0.717, 1.165) is 55.4 Å². The highest BCUT2D eigenvalue weighted by Gasteiger charge is 2.44. The molecule has 1 aliphatic carbocycles. The number of rotatable bonds is 5. The number of benzene rings is 2. The first-order valence-corrected chi connectivity index (χ1v) is 10.0. The van der Waals surface area contributed by atoms with Crippen LogP contribution in [0, 0.1) is 5.92 Å². The lowest BCUT2D eigenvalue weighted by Crippen LogP contribution is -2.43. The molecule has 5 heteroatoms. The lowest BCUT2D eigenvalue weighted by molar-refractivity contribution is -0.117. The molecular weight excluding hydrogens is 358 g/mol. The Morgan fingerprint density at radius 3 is 2.67 bits per heavy atom. The van der Waals surface area contributed by atoms with E-state index >= 15 is 0 Å². The number of hydrogen-bond donors (Lipinski definition) is 1. The van der Waals surface area contributed by atoms with E-state index in [2.05, 4.69) is 34.3 Å². The van der Waals surface area contributed by atoms with E-state index < -0.39 is 0 Å². The van der Waals surface area contributed by atoms with Crippen molar-refractivity contribution in [3.63, 3.8) is 0 Å². The van der Waals surface area contributed by atoms with Crippen molar-refractivity contribution in [3.8, 4) is 0 Å². The van der Waals surface area contributed by atoms with Crippen molar-refractivity contribution in [3.05, 3.63) is 64.7 Å². The fourth-order valence-electron chi connectivity index (χ4n) is 3.85. The highest BCUT2D eigenvalue weighted by Crippen LogP contribution is 2.50. The Hall–Kier alpha value is -1.88. The molecule has 142 valence electrons. The summed E-state index contributed by atoms with van der Waals surface area (Å²) in [5.74, 6) is 0.357. The summed E-state index contributed by atoms with van der Waals surface area (Å²) in [5.41, 5.74) is 3.22. The van der Waals surface area contributed by atoms with Crippen LogP contribution in [0.2, 0.25) is 5.02 Å². The third-order valence-corrected chi connectivity index (χ3v) is 5.97. The molecule has 27 heavy (non-hydrogen) atoms. The molecule has 2 aromatic carbocycles. The first-order valence-electron chi connectivity index (χ1n) is 9.65. The van der Waals surface area contributed by atoms with Crippen molar-refractivity contribution in [1.82, 2.24) is 9.80 Å². The molecule has 1 saturated carbocycles. The van der Waals surface area contributed by atoms with Gasteiger partial charge in [0, 0.05) is 49.4 Å². The number of amides is 1. The molecule has 2 aromatic rings. The molecule has 1 heterocycles. The lowest BCUT2D eigenvalue weighted by atomic mass is 10.1. The average molecular weight is 384 g/mol. The SMILES string of the molecule is CN1CCN(Cc2cccc(NC(=O)C3CC3c3ccccc3Cl)c2)CC1. The van der Waals surface area contributed by atoms with Crippen LogP contribution >= 0.6 is 11.6 Å². The average Bonchev–Trinajstić information content (AvgIpc) is 3.45. The van der Waals surface area contributed by atoms with Crippen LogP contribution in [0.5, 0.6) is 0 Å². The van der Waals surface area contributed by atoms with Gasteiger partial charge in [-0.2, -0.15) is 0 Å². The van der Waals surface area contributed by atoms with Crippen molar-refractivity contribution < 1.29 is 4.79 Å². The van der Waals surface area contributed by atoms with Gasteiger partial charge in [-0.15, -0.1) is 0 Å². The van der Waals surface area contributed by atoms with Crippen molar-refractivity contribution in [2.45, 2.75) is 18.9 Å². The fraction of sp³-hybridized carbons (Fsp3) is 0.409. The van der Waals surface area contributed by atoms with Gasteiger partial charge in [-0.1, -0.05) is 41.9 Å². The van der Waals surface area contributed by atoms with Crippen molar-refractivity contribution in [2.24, 2.45) is 5.92 Å². The number of nitrogens with zero attached hydrogens (tertiary/aromatic N) is 2. The Morgan fingerprint density at radius 2 is 1.89 bits per heavy atom. The Kier molecular flexibility index (Phi) is 5.48. The van der Waals surface area contributed by atoms with E-state index in [9.17, 15) is 4.79 Å². The fourth-order valence-corrected chi connectivity index (χ4v) is 4.13. The third-order valence-electron chi connectivity index (χ3n) is 5.63. The first-order chi connectivity index (χ1) is 13.1. The van der Waals surface area contributed by atoms with Crippen molar-refractivity contribution in [2.75, 3.05) is 38.5 Å². The number of hydrogen-bond acceptors (Lipinski definition) is 3. The lowest BCUT2D eigenvalue weighted by Gasteiger charge is -2.32. The standard InChI is InChI=1S/C22H26ClN3O/c1-25-9-11-26(12-10-25)15-16-5-4-6-17(13-16)24-22(27)20-14-19(20)18-7-2-3-8-21(18)23/h2-8,13,19-20H,9-12,14-15H2,1H3,(H,24,27). The highest BCUT2D eigenvalue weighted by molar-refractivity contribution is 6.31. The quantitative estimate of drug-likeness (QED) is 0.852. The molecule has 0 spiro atoms. The zero-order valence-electron chi connectivity index (χ0n) is 15.7. The molecule has 2 unspecified atom stereocenters. The zero-order chi connectivity index (χ0) is 18.8. The van der Waals surface area contributed by atoms with Crippen LogP contribution in [-0.2, 0) is 11.3 Å². The second kappa shape index (κ2) is 8.01. The van der Waals surface area contributed by atoms with Gasteiger partial charge in [-0.05, 0) is 48.7 Å². The molecule has 0 bridgehead atoms. The van der Waals surface area contributed by atoms with Crippen LogP contribution in [0.4, 0.5) is 5.69 Å². The molecule has 0 radical (unpaired) electrons. The normalized spacial score (nSPS) is 23.2. The van der Waals surface area contributed by atoms with Gasteiger partial charge in [0.2, 0.25) is 5.91 Å². The van der Waals surface area contributed by atoms with E-state index in [0.29, 0.717) is 0 Å². The van der Waals surface area contributed by atoms with Gasteiger partial charge < -0.3 is 10.2 Å². The molecule has 4 rings (SSSR count). The number of likely N-dealkylation sites (N-methyl/N-ethyl adjacent to an activating group) is 1. The Bertz CT molecular complexity index is 817. The van der Waals surface area contributed by atoms with E-state index in [4.69, 9.17) is 11.6 Å². The molecule has 4 nitrogen and oxygen atoms in total. The summed E-state index contributed by atoms with van der Waals surface area (Å²) in [6, 6.07) is 16.1. The largest absolute Gasteiger partial charge is 0.326 e. The van der Waals surface area contributed by atoms with Crippen LogP contribution in [0.15, 0.2) is 48.5 Å². The predicted molar refractivity (Wildman–Crippen MR) is 110 cm³/mol. The predicted octanol–water partition coefficient (Wildman–Crippen LogP) is 3.83. The van der Waals surface area contributed by atoms with Gasteiger partial charge in [-0.3, -0.25) is 9.69 Å². The minimum Gasteiger partial charge on any atom is -0.326 e. The van der Waals surface area contributed by atoms with Gasteiger partial charge in [-0.25, -0.2) is 0 Å². The first kappa shape index (κ1) is 18.5. The van der Waals surface area contributed by atoms with Crippen LogP contribution < -0.4 is 5.32 Å². The van der Waals surface area contributed by atoms with Crippen LogP contribution in [0.1, 0.15) is 23.5 Å². The summed E-state index contributed by atoms with van der Waals surface area (Å²) in [6.45, 7) is 5.34. The molecule has 0 aromatic heterocycles. The molecular formula is C22H26ClN3O. The maximum absolute atomic E-state index is 12.6. The number of piperazine rings is 1. The molecule has 2 aliphatic rings. The third kappa shape index (κ3) is 4.52. The molecule has 1 aliphatic heterocycles. The van der Waals surface area contributed by atoms with Crippen molar-refractivity contribution in [1.29, 1.82) is 0 Å². The number of nitrogens with one attached hydrogen (secondary N) is 1. The Labute approximate surface area is 166 Å². The van der Waals surface area contributed by atoms with Gasteiger partial charge in [0.05, 0.1) is 0 Å². The van der Waals surface area contributed by atoms with Crippen LogP contribution in [0.25, 0.3) is 0 Å². The summed E-state index contributed by atoms with van der Waals surface area (Å²) in [6.07, 6.45) is 0.872. The van der Waals surface area contributed by atoms with E-state index in [1.54, 1.807) is 0 Å². The van der Waals surface area contributed by atoms with Crippen LogP contribution in [-0.4, -0.2) is 48.9 Å². The summed E-state index contributed by atoms with van der Waals surface area (Å²) in [4.78, 5) is 17.5. The van der Waals surface area contributed by atoms with Crippen LogP contribution in [0.3, 0.4) is 0 Å². The van der Waals surface area contributed by atoms with E-state index in [1.807, 2.05) is 36.4 Å². The maximum atomic E-state index is 12.6. The maximum Gasteiger partial charge on any atom is 0.228 e. The van der Waals surface area contributed by atoms with E-state index in [1.165, 1.54) is 5.56 Å². The monoisotopic (exact) mass is 383 g/mol. The number of carbonyl (C=O) groups is 1. The topological polar surface area (TPSA) is 35.6 Å². The molecule has 2 atom stereocenters. The van der Waals surface area contributed by atoms with Gasteiger partial charge in [0.15, 0.2) is 0 Å². The second-order valence-electron chi connectivity index (χ2n) is 7.74. The summed E-state index contributed by atoms with van der Waals surface area (Å²) in [7, 11) is 2.17. The number of halogens is 1. The smallest absolute Gasteiger partial charge is 0.228 e. The van der Waals surface area contributed by atoms with Crippen molar-refractivity contribution >= 4 is 23.2 Å². The minimum atomic E-state index is 0.0196. The summed E-state index contributed by atoms with van der Waals surface area (Å²) < 4.78 is 0. The number of anilines is 1. The number of carbonyl (C=O) groups excluding carboxylic acids is 1. The molecule has 2 fully saturated rings. The molecule has 1 N–H and O–H groups in total. The Balaban J connectivity index is 1.35. The Morgan fingerprint density at radius 1 is 1.11 bits per heavy atom. The second-order valence-corrected chi connectivity index (χ2v) is 8.15. The molecule has 1 saturated heterocycles. The zero-order valence-corrected chi connectivity index (χ0v) is 16.5.